The van der Waals surface area contributed by atoms with Gasteiger partial charge in [-0.05, 0) is 110 Å². The number of ether oxygens (including phenoxy) is 4. The van der Waals surface area contributed by atoms with Crippen molar-refractivity contribution >= 4 is 29.5 Å². The van der Waals surface area contributed by atoms with E-state index in [0.29, 0.717) is 32.1 Å². The maximum absolute atomic E-state index is 14.9. The van der Waals surface area contributed by atoms with E-state index < -0.39 is 101 Å². The monoisotopic (exact) mass is 822 g/mol. The van der Waals surface area contributed by atoms with Crippen molar-refractivity contribution < 1.29 is 78.7 Å². The first-order chi connectivity index (χ1) is 26.8. The average molecular weight is 823 g/mol. The van der Waals surface area contributed by atoms with Crippen LogP contribution in [0.15, 0.2) is 0 Å². The molecule has 0 aromatic carbocycles. The van der Waals surface area contributed by atoms with Crippen molar-refractivity contribution in [2.24, 2.45) is 56.2 Å². The van der Waals surface area contributed by atoms with E-state index >= 15 is 0 Å². The molecule has 2 saturated heterocycles. The molecule has 7 fully saturated rings. The molecule has 0 spiro atoms. The Morgan fingerprint density at radius 2 is 1.31 bits per heavy atom. The van der Waals surface area contributed by atoms with Crippen LogP contribution in [0.2, 0.25) is 0 Å². The number of hydrogen-bond acceptors (Lipinski definition) is 13. The third-order valence-electron chi connectivity index (χ3n) is 17.7. The van der Waals surface area contributed by atoms with Gasteiger partial charge in [0.05, 0.1) is 11.5 Å². The molecule has 0 aromatic heterocycles. The number of fused-ring (bicyclic) bond motifs is 7. The SMILES string of the molecule is CC1(C(=O)O)CCC2(C)CCC3(C)C(CC(=O)C4C5(C)CCC(OC6OC(C(=O)O)C(O)C(O)C6OC6OC(C(=O)O)C(O)C(O)C6=O)C(C)(C)C5CCC43C)C2C1. The zero-order valence-corrected chi connectivity index (χ0v) is 34.5. The van der Waals surface area contributed by atoms with Crippen LogP contribution in [-0.4, -0.2) is 127 Å². The third kappa shape index (κ3) is 6.24. The highest BCUT2D eigenvalue weighted by Crippen LogP contribution is 2.76. The first-order valence-corrected chi connectivity index (χ1v) is 20.9. The average Bonchev–Trinajstić information content (AvgIpc) is 3.13. The zero-order chi connectivity index (χ0) is 42.9. The highest BCUT2D eigenvalue weighted by Gasteiger charge is 2.72. The molecule has 16 nitrogen and oxygen atoms in total. The van der Waals surface area contributed by atoms with E-state index in [9.17, 15) is 59.7 Å². The lowest BCUT2D eigenvalue weighted by atomic mass is 9.31. The minimum Gasteiger partial charge on any atom is -0.481 e. The molecule has 7 N–H and O–H groups in total. The van der Waals surface area contributed by atoms with Crippen LogP contribution < -0.4 is 0 Å². The molecule has 19 unspecified atom stereocenters. The van der Waals surface area contributed by atoms with Gasteiger partial charge in [-0.3, -0.25) is 14.4 Å². The van der Waals surface area contributed by atoms with Crippen molar-refractivity contribution in [3.8, 4) is 0 Å². The normalized spacial score (nSPS) is 52.7. The number of aliphatic hydroxyl groups is 4. The van der Waals surface area contributed by atoms with E-state index in [1.165, 1.54) is 0 Å². The summed E-state index contributed by atoms with van der Waals surface area (Å²) in [4.78, 5) is 64.3. The molecule has 2 heterocycles. The molecule has 0 bridgehead atoms. The van der Waals surface area contributed by atoms with Crippen LogP contribution in [-0.2, 0) is 42.9 Å². The fourth-order valence-electron chi connectivity index (χ4n) is 14.0. The molecule has 0 amide bonds. The van der Waals surface area contributed by atoms with Gasteiger partial charge in [0.1, 0.15) is 36.3 Å². The smallest absolute Gasteiger partial charge is 0.335 e. The minimum absolute atomic E-state index is 0.0252. The molecule has 0 aromatic rings. The van der Waals surface area contributed by atoms with E-state index in [0.717, 1.165) is 32.1 Å². The summed E-state index contributed by atoms with van der Waals surface area (Å²) < 4.78 is 23.1. The van der Waals surface area contributed by atoms with Gasteiger partial charge >= 0.3 is 17.9 Å². The molecule has 5 aliphatic carbocycles. The number of Topliss-reactive ketones (excluding diaryl/α,β-unsaturated/α-hetero) is 2. The van der Waals surface area contributed by atoms with Crippen LogP contribution in [0.4, 0.5) is 0 Å². The lowest BCUT2D eigenvalue weighted by molar-refractivity contribution is -0.351. The molecule has 58 heavy (non-hydrogen) atoms. The van der Waals surface area contributed by atoms with E-state index in [-0.39, 0.29) is 45.7 Å². The van der Waals surface area contributed by atoms with Gasteiger partial charge in [-0.1, -0.05) is 41.5 Å². The Morgan fingerprint density at radius 1 is 0.690 bits per heavy atom. The first-order valence-electron chi connectivity index (χ1n) is 20.9. The summed E-state index contributed by atoms with van der Waals surface area (Å²) in [6.07, 6.45) is -12.1. The number of aliphatic hydroxyl groups excluding tert-OH is 4. The van der Waals surface area contributed by atoms with E-state index in [1.54, 1.807) is 0 Å². The number of aliphatic carboxylic acids is 3. The van der Waals surface area contributed by atoms with Crippen LogP contribution in [0.5, 0.6) is 0 Å². The summed E-state index contributed by atoms with van der Waals surface area (Å²) in [5.41, 5.74) is -2.59. The number of carboxylic acids is 3. The molecule has 2 aliphatic heterocycles. The van der Waals surface area contributed by atoms with Gasteiger partial charge in [0.2, 0.25) is 12.1 Å². The Balaban J connectivity index is 1.16. The van der Waals surface area contributed by atoms with Crippen LogP contribution >= 0.6 is 0 Å². The van der Waals surface area contributed by atoms with Crippen LogP contribution in [0.1, 0.15) is 113 Å². The van der Waals surface area contributed by atoms with E-state index in [2.05, 4.69) is 27.7 Å². The summed E-state index contributed by atoms with van der Waals surface area (Å²) in [5, 5.41) is 72.1. The summed E-state index contributed by atoms with van der Waals surface area (Å²) in [5.74, 6) is -5.33. The Bertz CT molecular complexity index is 1720. The summed E-state index contributed by atoms with van der Waals surface area (Å²) in [6.45, 7) is 15.0. The van der Waals surface area contributed by atoms with Gasteiger partial charge in [-0.15, -0.1) is 0 Å². The van der Waals surface area contributed by atoms with E-state index in [4.69, 9.17) is 18.9 Å². The second kappa shape index (κ2) is 14.2. The quantitative estimate of drug-likeness (QED) is 0.182. The topological polar surface area (TPSA) is 264 Å². The number of rotatable bonds is 7. The van der Waals surface area contributed by atoms with Crippen molar-refractivity contribution in [3.63, 3.8) is 0 Å². The summed E-state index contributed by atoms with van der Waals surface area (Å²) >= 11 is 0. The Morgan fingerprint density at radius 3 is 1.93 bits per heavy atom. The van der Waals surface area contributed by atoms with Crippen molar-refractivity contribution in [3.05, 3.63) is 0 Å². The predicted molar refractivity (Wildman–Crippen MR) is 198 cm³/mol. The van der Waals surface area contributed by atoms with Gasteiger partial charge in [0.15, 0.2) is 18.5 Å². The largest absolute Gasteiger partial charge is 0.481 e. The molecule has 0 radical (unpaired) electrons. The van der Waals surface area contributed by atoms with Crippen LogP contribution in [0.3, 0.4) is 0 Å². The van der Waals surface area contributed by atoms with Crippen molar-refractivity contribution in [2.75, 3.05) is 0 Å². The second-order valence-corrected chi connectivity index (χ2v) is 20.9. The van der Waals surface area contributed by atoms with Crippen molar-refractivity contribution in [2.45, 2.75) is 174 Å². The van der Waals surface area contributed by atoms with Gasteiger partial charge in [-0.25, -0.2) is 9.59 Å². The van der Waals surface area contributed by atoms with Crippen molar-refractivity contribution in [1.82, 2.24) is 0 Å². The lowest BCUT2D eigenvalue weighted by Crippen LogP contribution is -2.70. The molecule has 326 valence electrons. The van der Waals surface area contributed by atoms with Gasteiger partial charge in [0, 0.05) is 12.3 Å². The minimum atomic E-state index is -2.23. The Labute approximate surface area is 337 Å². The number of carbonyl (C=O) groups excluding carboxylic acids is 2. The van der Waals surface area contributed by atoms with Gasteiger partial charge in [0.25, 0.3) is 0 Å². The number of hydrogen-bond donors (Lipinski definition) is 7. The highest BCUT2D eigenvalue weighted by molar-refractivity contribution is 5.89. The maximum atomic E-state index is 14.9. The summed E-state index contributed by atoms with van der Waals surface area (Å²) in [7, 11) is 0. The second-order valence-electron chi connectivity index (χ2n) is 20.9. The summed E-state index contributed by atoms with van der Waals surface area (Å²) in [6, 6.07) is 0. The standard InChI is InChI=1S/C42H62O16/c1-37(2)21-8-11-42(7)31(20(43)16-18-19-17-39(4,36(53)54)13-12-38(19,3)14-15-41(18,42)6)40(21,5)10-9-22(37)55-35-30(26(47)25(46)29(57-35)33(51)52)58-34-27(48)23(44)24(45)28(56-34)32(49)50/h18-19,21-26,28-31,34-35,44-47H,8-17H2,1-7H3,(H,49,50)(H,51,52)(H,53,54). The maximum Gasteiger partial charge on any atom is 0.335 e. The lowest BCUT2D eigenvalue weighted by Gasteiger charge is -2.73. The Kier molecular flexibility index (Phi) is 10.7. The van der Waals surface area contributed by atoms with Gasteiger partial charge in [-0.2, -0.15) is 0 Å². The number of ketones is 2. The molecule has 5 saturated carbocycles. The number of carbonyl (C=O) groups is 5. The molecule has 7 aliphatic rings. The van der Waals surface area contributed by atoms with Crippen LogP contribution in [0, 0.1) is 56.2 Å². The fraction of sp³-hybridized carbons (Fsp3) is 0.881. The zero-order valence-electron chi connectivity index (χ0n) is 34.5. The molecule has 7 rings (SSSR count). The molecular weight excluding hydrogens is 760 g/mol. The van der Waals surface area contributed by atoms with Gasteiger partial charge < -0.3 is 54.7 Å². The molecule has 19 atom stereocenters. The molecule has 16 heteroatoms. The number of carboxylic acid groups (broad SMARTS) is 3. The van der Waals surface area contributed by atoms with Crippen LogP contribution in [0.25, 0.3) is 0 Å². The predicted octanol–water partition coefficient (Wildman–Crippen LogP) is 2.53. The first kappa shape index (κ1) is 43.5. The highest BCUT2D eigenvalue weighted by atomic mass is 16.8. The van der Waals surface area contributed by atoms with Crippen molar-refractivity contribution in [1.29, 1.82) is 0 Å². The molecular formula is C42H62O16. The van der Waals surface area contributed by atoms with E-state index in [1.807, 2.05) is 20.8 Å². The fourth-order valence-corrected chi connectivity index (χ4v) is 14.0. The Hall–Kier alpha value is -2.57. The third-order valence-corrected chi connectivity index (χ3v) is 17.7.